The minimum Gasteiger partial charge on any atom is -0.364 e. The number of nitrogens with two attached hydrogens (primary N) is 1. The first-order valence-corrected chi connectivity index (χ1v) is 8.31. The molecule has 0 unspecified atom stereocenters. The third-order valence-corrected chi connectivity index (χ3v) is 4.37. The van der Waals surface area contributed by atoms with Crippen LogP contribution in [0.25, 0.3) is 22.2 Å². The number of carbonyl (C=O) groups excluding carboxylic acids is 1. The van der Waals surface area contributed by atoms with Gasteiger partial charge in [0.15, 0.2) is 0 Å². The molecular weight excluding hydrogens is 316 g/mol. The Morgan fingerprint density at radius 3 is 2.60 bits per heavy atom. The fraction of sp³-hybridized carbons (Fsp3) is 0.263. The first-order chi connectivity index (χ1) is 12.0. The second kappa shape index (κ2) is 6.94. The van der Waals surface area contributed by atoms with Crippen molar-refractivity contribution in [2.75, 3.05) is 13.1 Å². The highest BCUT2D eigenvalue weighted by molar-refractivity contribution is 5.91. The van der Waals surface area contributed by atoms with Gasteiger partial charge in [-0.2, -0.15) is 0 Å². The number of hydrogen-bond donors (Lipinski definition) is 3. The average Bonchev–Trinajstić information content (AvgIpc) is 3.02. The Morgan fingerprint density at radius 2 is 1.96 bits per heavy atom. The summed E-state index contributed by atoms with van der Waals surface area (Å²) in [6.45, 7) is 7.20. The molecule has 4 N–H and O–H groups in total. The van der Waals surface area contributed by atoms with Gasteiger partial charge in [0, 0.05) is 23.5 Å². The largest absolute Gasteiger partial charge is 0.364 e. The maximum absolute atomic E-state index is 12.2. The van der Waals surface area contributed by atoms with Gasteiger partial charge in [0.1, 0.15) is 5.69 Å². The summed E-state index contributed by atoms with van der Waals surface area (Å²) in [5.74, 6) is -0.707. The van der Waals surface area contributed by atoms with Crippen LogP contribution in [0, 0.1) is 6.07 Å². The van der Waals surface area contributed by atoms with E-state index in [4.69, 9.17) is 5.73 Å². The molecule has 0 saturated carbocycles. The normalized spacial score (nSPS) is 11.3. The molecule has 0 spiro atoms. The van der Waals surface area contributed by atoms with Crippen molar-refractivity contribution in [1.29, 1.82) is 0 Å². The van der Waals surface area contributed by atoms with Gasteiger partial charge in [-0.1, -0.05) is 19.9 Å². The number of carbonyl (C=O) groups is 1. The number of pyridine rings is 1. The Balaban J connectivity index is 1.96. The van der Waals surface area contributed by atoms with Crippen LogP contribution in [0.1, 0.15) is 29.9 Å². The molecule has 2 heterocycles. The van der Waals surface area contributed by atoms with Gasteiger partial charge in [-0.25, -0.2) is 0 Å². The molecule has 0 aliphatic rings. The molecule has 0 saturated heterocycles. The summed E-state index contributed by atoms with van der Waals surface area (Å²) in [7, 11) is 0. The van der Waals surface area contributed by atoms with Gasteiger partial charge in [-0.05, 0) is 42.9 Å². The van der Waals surface area contributed by atoms with E-state index >= 15 is 0 Å². The maximum atomic E-state index is 12.2. The minimum atomic E-state index is -0.707. The van der Waals surface area contributed by atoms with E-state index in [1.807, 2.05) is 12.1 Å². The Morgan fingerprint density at radius 1 is 1.20 bits per heavy atom. The van der Waals surface area contributed by atoms with Gasteiger partial charge in [0.25, 0.3) is 11.5 Å². The minimum absolute atomic E-state index is 0.0219. The van der Waals surface area contributed by atoms with E-state index in [-0.39, 0.29) is 11.3 Å². The summed E-state index contributed by atoms with van der Waals surface area (Å²) in [6.07, 6.45) is 0. The molecule has 0 aliphatic carbocycles. The molecule has 0 atom stereocenters. The number of amides is 1. The van der Waals surface area contributed by atoms with Crippen LogP contribution < -0.4 is 11.3 Å². The van der Waals surface area contributed by atoms with Crippen molar-refractivity contribution in [2.24, 2.45) is 5.73 Å². The highest BCUT2D eigenvalue weighted by Gasteiger charge is 2.11. The van der Waals surface area contributed by atoms with Crippen molar-refractivity contribution in [2.45, 2.75) is 20.4 Å². The lowest BCUT2D eigenvalue weighted by atomic mass is 10.1. The van der Waals surface area contributed by atoms with E-state index in [2.05, 4.69) is 46.9 Å². The van der Waals surface area contributed by atoms with Gasteiger partial charge < -0.3 is 15.7 Å². The predicted molar refractivity (Wildman–Crippen MR) is 98.3 cm³/mol. The molecule has 129 valence electrons. The first-order valence-electron chi connectivity index (χ1n) is 8.31. The van der Waals surface area contributed by atoms with Gasteiger partial charge in [-0.15, -0.1) is 0 Å². The number of benzene rings is 1. The monoisotopic (exact) mass is 337 g/mol. The number of aromatic amines is 2. The number of H-pyrrole nitrogens is 2. The van der Waals surface area contributed by atoms with Gasteiger partial charge in [-0.3, -0.25) is 14.5 Å². The van der Waals surface area contributed by atoms with Crippen LogP contribution in [-0.4, -0.2) is 33.9 Å². The molecule has 1 radical (unpaired) electrons. The number of hydrogen-bond acceptors (Lipinski definition) is 3. The summed E-state index contributed by atoms with van der Waals surface area (Å²) in [6, 6.07) is 12.4. The molecule has 3 rings (SSSR count). The Hall–Kier alpha value is -2.86. The van der Waals surface area contributed by atoms with Gasteiger partial charge in [0.2, 0.25) is 0 Å². The van der Waals surface area contributed by atoms with E-state index in [0.717, 1.165) is 30.5 Å². The van der Waals surface area contributed by atoms with Gasteiger partial charge >= 0.3 is 0 Å². The fourth-order valence-electron chi connectivity index (χ4n) is 2.89. The molecular formula is C19H21N4O2. The number of fused-ring (bicyclic) bond motifs is 1. The zero-order valence-electron chi connectivity index (χ0n) is 14.3. The summed E-state index contributed by atoms with van der Waals surface area (Å²) in [5.41, 5.74) is 8.05. The molecule has 0 fully saturated rings. The molecule has 6 nitrogen and oxygen atoms in total. The third-order valence-electron chi connectivity index (χ3n) is 4.37. The van der Waals surface area contributed by atoms with Crippen molar-refractivity contribution >= 4 is 16.8 Å². The number of primary amides is 1. The smallest absolute Gasteiger partial charge is 0.265 e. The second-order valence-electron chi connectivity index (χ2n) is 5.96. The average molecular weight is 337 g/mol. The zero-order valence-corrected chi connectivity index (χ0v) is 14.3. The van der Waals surface area contributed by atoms with Crippen molar-refractivity contribution in [3.63, 3.8) is 0 Å². The standard InChI is InChI=1S/C19H21N4O2/c1-3-23(4-2)11-12-5-7-15-13(9-12)10-17(21-15)14-6-8-16(18(20)24)22-19(14)25/h5-7,9-10,21H,3-4,11H2,1-2H3,(H2,20,24)(H,22,25). The molecule has 6 heteroatoms. The molecule has 3 aromatic rings. The summed E-state index contributed by atoms with van der Waals surface area (Å²) in [5, 5.41) is 1.04. The summed E-state index contributed by atoms with van der Waals surface area (Å²) in [4.78, 5) is 31.4. The van der Waals surface area contributed by atoms with Crippen molar-refractivity contribution in [3.05, 3.63) is 58.0 Å². The van der Waals surface area contributed by atoms with Gasteiger partial charge in [0.05, 0.1) is 11.3 Å². The van der Waals surface area contributed by atoms with Crippen LogP contribution in [0.15, 0.2) is 35.1 Å². The van der Waals surface area contributed by atoms with E-state index in [0.29, 0.717) is 11.3 Å². The number of nitrogens with one attached hydrogen (secondary N) is 2. The van der Waals surface area contributed by atoms with E-state index < -0.39 is 5.91 Å². The lowest BCUT2D eigenvalue weighted by Gasteiger charge is -2.17. The number of aromatic nitrogens is 2. The quantitative estimate of drug-likeness (QED) is 0.644. The predicted octanol–water partition coefficient (Wildman–Crippen LogP) is 2.26. The Kier molecular flexibility index (Phi) is 4.72. The molecule has 25 heavy (non-hydrogen) atoms. The van der Waals surface area contributed by atoms with Crippen molar-refractivity contribution in [1.82, 2.24) is 14.9 Å². The third kappa shape index (κ3) is 3.49. The van der Waals surface area contributed by atoms with Crippen LogP contribution in [0.2, 0.25) is 0 Å². The highest BCUT2D eigenvalue weighted by Crippen LogP contribution is 2.23. The second-order valence-corrected chi connectivity index (χ2v) is 5.96. The van der Waals surface area contributed by atoms with Crippen molar-refractivity contribution < 1.29 is 4.79 Å². The van der Waals surface area contributed by atoms with E-state index in [9.17, 15) is 9.59 Å². The molecule has 0 aliphatic heterocycles. The van der Waals surface area contributed by atoms with Crippen LogP contribution in [0.3, 0.4) is 0 Å². The topological polar surface area (TPSA) is 95.0 Å². The maximum Gasteiger partial charge on any atom is 0.265 e. The summed E-state index contributed by atoms with van der Waals surface area (Å²) < 4.78 is 0. The molecule has 0 bridgehead atoms. The van der Waals surface area contributed by atoms with Crippen LogP contribution in [-0.2, 0) is 6.54 Å². The highest BCUT2D eigenvalue weighted by atomic mass is 16.1. The Bertz CT molecular complexity index is 967. The lowest BCUT2D eigenvalue weighted by molar-refractivity contribution is 0.0995. The molecule has 2 aromatic heterocycles. The van der Waals surface area contributed by atoms with Crippen LogP contribution in [0.4, 0.5) is 0 Å². The summed E-state index contributed by atoms with van der Waals surface area (Å²) >= 11 is 0. The first kappa shape index (κ1) is 17.0. The van der Waals surface area contributed by atoms with Crippen LogP contribution >= 0.6 is 0 Å². The number of rotatable bonds is 6. The zero-order chi connectivity index (χ0) is 18.0. The van der Waals surface area contributed by atoms with Crippen molar-refractivity contribution in [3.8, 4) is 11.3 Å². The van der Waals surface area contributed by atoms with E-state index in [1.54, 1.807) is 0 Å². The van der Waals surface area contributed by atoms with Crippen LogP contribution in [0.5, 0.6) is 0 Å². The lowest BCUT2D eigenvalue weighted by Crippen LogP contribution is -2.21. The SMILES string of the molecule is CCN(CC)Cc1ccc2[nH]c(-c3c[c]c(C(N)=O)[nH]c3=O)cc2c1. The fourth-order valence-corrected chi connectivity index (χ4v) is 2.89. The Labute approximate surface area is 145 Å². The van der Waals surface area contributed by atoms with E-state index in [1.165, 1.54) is 11.6 Å². The number of nitrogens with zero attached hydrogens (tertiary/aromatic N) is 1. The molecule has 1 amide bonds. The molecule has 1 aromatic carbocycles.